The third-order valence-electron chi connectivity index (χ3n) is 7.08. The SMILES string of the molecule is CCOC(=O)C1=C(C)N=c2sc(=Cc3cc(C)n(-c4ccc(Cl)cc4)c3C)c(=O)n2[C@H]1c1ccc(N(C)C)cc1. The van der Waals surface area contributed by atoms with E-state index in [0.29, 0.717) is 25.6 Å². The first-order valence-corrected chi connectivity index (χ1v) is 14.2. The number of benzene rings is 2. The maximum atomic E-state index is 14.0. The molecule has 1 atom stereocenters. The van der Waals surface area contributed by atoms with Crippen LogP contribution in [0.5, 0.6) is 0 Å². The Morgan fingerprint density at radius 3 is 2.40 bits per heavy atom. The highest BCUT2D eigenvalue weighted by molar-refractivity contribution is 7.07. The fourth-order valence-electron chi connectivity index (χ4n) is 5.12. The summed E-state index contributed by atoms with van der Waals surface area (Å²) in [6.45, 7) is 7.86. The van der Waals surface area contributed by atoms with E-state index >= 15 is 0 Å². The van der Waals surface area contributed by atoms with Gasteiger partial charge in [0.15, 0.2) is 4.80 Å². The van der Waals surface area contributed by atoms with Crippen LogP contribution in [0.25, 0.3) is 11.8 Å². The first-order chi connectivity index (χ1) is 19.1. The van der Waals surface area contributed by atoms with E-state index in [1.54, 1.807) is 18.4 Å². The Morgan fingerprint density at radius 1 is 1.10 bits per heavy atom. The highest BCUT2D eigenvalue weighted by Crippen LogP contribution is 2.31. The van der Waals surface area contributed by atoms with Crippen LogP contribution in [-0.4, -0.2) is 35.8 Å². The Bertz CT molecular complexity index is 1810. The molecule has 206 valence electrons. The average Bonchev–Trinajstić information content (AvgIpc) is 3.38. The Balaban J connectivity index is 1.67. The number of hydrogen-bond donors (Lipinski definition) is 0. The monoisotopic (exact) mass is 574 g/mol. The number of nitrogens with zero attached hydrogens (tertiary/aromatic N) is 4. The lowest BCUT2D eigenvalue weighted by Crippen LogP contribution is -2.40. The number of aryl methyl sites for hydroxylation is 1. The van der Waals surface area contributed by atoms with Gasteiger partial charge < -0.3 is 14.2 Å². The van der Waals surface area contributed by atoms with Gasteiger partial charge in [-0.3, -0.25) is 9.36 Å². The Morgan fingerprint density at radius 2 is 1.77 bits per heavy atom. The molecule has 9 heteroatoms. The zero-order chi connectivity index (χ0) is 28.7. The normalized spacial score (nSPS) is 15.2. The predicted molar refractivity (Wildman–Crippen MR) is 161 cm³/mol. The number of halogens is 1. The number of hydrogen-bond acceptors (Lipinski definition) is 6. The Hall–Kier alpha value is -3.88. The van der Waals surface area contributed by atoms with Crippen molar-refractivity contribution in [3.05, 3.63) is 113 Å². The summed E-state index contributed by atoms with van der Waals surface area (Å²) in [6.07, 6.45) is 1.91. The molecule has 1 aliphatic heterocycles. The van der Waals surface area contributed by atoms with Gasteiger partial charge in [0, 0.05) is 41.9 Å². The number of rotatable bonds is 6. The molecule has 0 fully saturated rings. The molecule has 0 saturated carbocycles. The number of ether oxygens (including phenoxy) is 1. The molecule has 0 radical (unpaired) electrons. The molecule has 0 amide bonds. The molecule has 4 aromatic rings. The Kier molecular flexibility index (Phi) is 7.57. The maximum Gasteiger partial charge on any atom is 0.338 e. The van der Waals surface area contributed by atoms with Crippen molar-refractivity contribution >= 4 is 40.7 Å². The highest BCUT2D eigenvalue weighted by Gasteiger charge is 2.33. The number of esters is 1. The molecular weight excluding hydrogens is 544 g/mol. The van der Waals surface area contributed by atoms with Gasteiger partial charge >= 0.3 is 5.97 Å². The van der Waals surface area contributed by atoms with Gasteiger partial charge in [-0.1, -0.05) is 35.1 Å². The van der Waals surface area contributed by atoms with Crippen molar-refractivity contribution in [2.45, 2.75) is 33.7 Å². The van der Waals surface area contributed by atoms with Crippen molar-refractivity contribution < 1.29 is 9.53 Å². The van der Waals surface area contributed by atoms with E-state index in [4.69, 9.17) is 21.3 Å². The summed E-state index contributed by atoms with van der Waals surface area (Å²) in [6, 6.07) is 17.0. The van der Waals surface area contributed by atoms with Crippen LogP contribution in [0.1, 0.15) is 42.4 Å². The summed E-state index contributed by atoms with van der Waals surface area (Å²) in [5.74, 6) is -0.466. The van der Waals surface area contributed by atoms with E-state index in [2.05, 4.69) is 10.6 Å². The van der Waals surface area contributed by atoms with Crippen LogP contribution in [0.2, 0.25) is 5.02 Å². The second-order valence-electron chi connectivity index (χ2n) is 9.93. The maximum absolute atomic E-state index is 14.0. The minimum absolute atomic E-state index is 0.198. The van der Waals surface area contributed by atoms with Gasteiger partial charge in [-0.25, -0.2) is 9.79 Å². The largest absolute Gasteiger partial charge is 0.463 e. The van der Waals surface area contributed by atoms with Gasteiger partial charge in [-0.15, -0.1) is 0 Å². The molecule has 0 N–H and O–H groups in total. The quantitative estimate of drug-likeness (QED) is 0.306. The van der Waals surface area contributed by atoms with E-state index in [0.717, 1.165) is 33.9 Å². The van der Waals surface area contributed by atoms with E-state index < -0.39 is 12.0 Å². The molecule has 40 heavy (non-hydrogen) atoms. The van der Waals surface area contributed by atoms with Crippen LogP contribution < -0.4 is 19.8 Å². The lowest BCUT2D eigenvalue weighted by Gasteiger charge is -2.25. The second-order valence-corrected chi connectivity index (χ2v) is 11.4. The molecule has 5 rings (SSSR count). The summed E-state index contributed by atoms with van der Waals surface area (Å²) in [5, 5.41) is 0.677. The molecule has 0 bridgehead atoms. The first kappa shape index (κ1) is 27.7. The van der Waals surface area contributed by atoms with E-state index in [1.165, 1.54) is 11.3 Å². The fraction of sp³-hybridized carbons (Fsp3) is 0.258. The minimum atomic E-state index is -0.643. The standard InChI is InChI=1S/C31H31ClN4O3S/c1-7-39-30(38)27-19(3)33-31-36(28(27)21-8-12-24(13-9-21)34(5)6)29(37)26(40-31)17-22-16-18(2)35(20(22)4)25-14-10-23(32)11-15-25/h8-17,28H,7H2,1-6H3/t28-/m0/s1. The Labute approximate surface area is 241 Å². The molecule has 0 aliphatic carbocycles. The molecule has 3 heterocycles. The molecule has 0 spiro atoms. The van der Waals surface area contributed by atoms with E-state index in [1.807, 2.05) is 87.4 Å². The number of fused-ring (bicyclic) bond motifs is 1. The molecular formula is C31H31ClN4O3S. The lowest BCUT2D eigenvalue weighted by molar-refractivity contribution is -0.139. The summed E-state index contributed by atoms with van der Waals surface area (Å²) in [7, 11) is 3.94. The molecule has 7 nitrogen and oxygen atoms in total. The zero-order valence-corrected chi connectivity index (χ0v) is 24.9. The van der Waals surface area contributed by atoms with Crippen LogP contribution in [0, 0.1) is 13.8 Å². The number of aromatic nitrogens is 2. The molecule has 0 saturated heterocycles. The van der Waals surface area contributed by atoms with Gasteiger partial charge in [0.1, 0.15) is 0 Å². The zero-order valence-electron chi connectivity index (χ0n) is 23.4. The number of anilines is 1. The lowest BCUT2D eigenvalue weighted by atomic mass is 9.95. The van der Waals surface area contributed by atoms with Crippen LogP contribution in [0.15, 0.2) is 75.7 Å². The van der Waals surface area contributed by atoms with Gasteiger partial charge in [0.25, 0.3) is 5.56 Å². The number of allylic oxidation sites excluding steroid dienone is 1. The third-order valence-corrected chi connectivity index (χ3v) is 8.32. The fourth-order valence-corrected chi connectivity index (χ4v) is 6.29. The number of thiazole rings is 1. The van der Waals surface area contributed by atoms with Crippen molar-refractivity contribution in [2.24, 2.45) is 4.99 Å². The minimum Gasteiger partial charge on any atom is -0.463 e. The van der Waals surface area contributed by atoms with Gasteiger partial charge in [-0.05, 0) is 87.4 Å². The summed E-state index contributed by atoms with van der Waals surface area (Å²) < 4.78 is 9.71. The van der Waals surface area contributed by atoms with Gasteiger partial charge in [-0.2, -0.15) is 0 Å². The first-order valence-electron chi connectivity index (χ1n) is 13.0. The summed E-state index contributed by atoms with van der Waals surface area (Å²) in [4.78, 5) is 34.4. The number of carbonyl (C=O) groups excluding carboxylic acids is 1. The van der Waals surface area contributed by atoms with Crippen LogP contribution in [0.4, 0.5) is 5.69 Å². The summed E-state index contributed by atoms with van der Waals surface area (Å²) in [5.41, 5.74) is 6.54. The topological polar surface area (TPSA) is 68.8 Å². The van der Waals surface area contributed by atoms with Crippen LogP contribution >= 0.6 is 22.9 Å². The predicted octanol–water partition coefficient (Wildman–Crippen LogP) is 4.93. The molecule has 2 aromatic carbocycles. The van der Waals surface area contributed by atoms with Crippen LogP contribution in [0.3, 0.4) is 0 Å². The van der Waals surface area contributed by atoms with E-state index in [-0.39, 0.29) is 12.2 Å². The molecule has 1 aliphatic rings. The third kappa shape index (κ3) is 4.93. The van der Waals surface area contributed by atoms with Crippen LogP contribution in [-0.2, 0) is 9.53 Å². The van der Waals surface area contributed by atoms with Gasteiger partial charge in [0.2, 0.25) is 0 Å². The van der Waals surface area contributed by atoms with Crippen molar-refractivity contribution in [1.29, 1.82) is 0 Å². The van der Waals surface area contributed by atoms with Crippen molar-refractivity contribution in [3.8, 4) is 5.69 Å². The van der Waals surface area contributed by atoms with E-state index in [9.17, 15) is 9.59 Å². The summed E-state index contributed by atoms with van der Waals surface area (Å²) >= 11 is 7.42. The highest BCUT2D eigenvalue weighted by atomic mass is 35.5. The van der Waals surface area contributed by atoms with Crippen molar-refractivity contribution in [3.63, 3.8) is 0 Å². The van der Waals surface area contributed by atoms with Crippen molar-refractivity contribution in [2.75, 3.05) is 25.6 Å². The van der Waals surface area contributed by atoms with Crippen molar-refractivity contribution in [1.82, 2.24) is 9.13 Å². The average molecular weight is 575 g/mol. The second kappa shape index (κ2) is 10.9. The smallest absolute Gasteiger partial charge is 0.338 e. The van der Waals surface area contributed by atoms with Gasteiger partial charge in [0.05, 0.1) is 28.5 Å². The molecule has 0 unspecified atom stereocenters. The number of carbonyl (C=O) groups is 1. The molecule has 2 aromatic heterocycles.